The van der Waals surface area contributed by atoms with Crippen LogP contribution < -0.4 is 0 Å². The molecule has 92 valence electrons. The van der Waals surface area contributed by atoms with Crippen molar-refractivity contribution in [3.05, 3.63) is 0 Å². The summed E-state index contributed by atoms with van der Waals surface area (Å²) < 4.78 is 24.8. The Balaban J connectivity index is 3.30. The van der Waals surface area contributed by atoms with E-state index in [0.29, 0.717) is 27.0 Å². The molecule has 0 N–H and O–H groups in total. The summed E-state index contributed by atoms with van der Waals surface area (Å²) in [5.74, 6) is 0. The molecule has 0 aliphatic heterocycles. The lowest BCUT2D eigenvalue weighted by Gasteiger charge is -2.19. The molecule has 0 aromatic rings. The van der Waals surface area contributed by atoms with E-state index in [2.05, 4.69) is 11.8 Å². The lowest BCUT2D eigenvalue weighted by molar-refractivity contribution is 0.0770. The molecule has 0 fully saturated rings. The maximum absolute atomic E-state index is 6.98. The maximum Gasteiger partial charge on any atom is 0.0593 e. The minimum atomic E-state index is 0.446. The first-order valence-corrected chi connectivity index (χ1v) is 5.81. The number of nitrogens with zero attached hydrogens (tertiary/aromatic N) is 1. The highest BCUT2D eigenvalue weighted by Crippen LogP contribution is 1.90. The molecule has 0 rings (SSSR count). The van der Waals surface area contributed by atoms with Gasteiger partial charge in [-0.25, -0.2) is 0 Å². The van der Waals surface area contributed by atoms with Gasteiger partial charge in [0.25, 0.3) is 0 Å². The molecule has 0 aromatic heterocycles. The Morgan fingerprint density at radius 3 is 1.87 bits per heavy atom. The molecule has 15 heavy (non-hydrogen) atoms. The van der Waals surface area contributed by atoms with Gasteiger partial charge in [-0.1, -0.05) is 20.7 Å². The van der Waals surface area contributed by atoms with Crippen molar-refractivity contribution in [1.82, 2.24) is 4.90 Å². The Bertz CT molecular complexity index is 136. The number of hydrogen-bond acceptors (Lipinski definition) is 3. The summed E-state index contributed by atoms with van der Waals surface area (Å²) >= 11 is 0. The second-order valence-electron chi connectivity index (χ2n) is 3.37. The van der Waals surface area contributed by atoms with E-state index in [1.165, 1.54) is 0 Å². The molecule has 0 aliphatic rings. The van der Waals surface area contributed by atoms with E-state index in [1.54, 1.807) is 0 Å². The Morgan fingerprint density at radius 2 is 1.47 bits per heavy atom. The van der Waals surface area contributed by atoms with Crippen LogP contribution in [0.4, 0.5) is 0 Å². The fraction of sp³-hybridized carbons (Fsp3) is 1.00. The first-order valence-electron chi connectivity index (χ1n) is 7.22. The van der Waals surface area contributed by atoms with Crippen molar-refractivity contribution >= 4 is 0 Å². The van der Waals surface area contributed by atoms with E-state index < -0.39 is 0 Å². The zero-order chi connectivity index (χ0) is 12.8. The summed E-state index contributed by atoms with van der Waals surface area (Å²) in [6.07, 6.45) is 1.64. The van der Waals surface area contributed by atoms with Gasteiger partial charge in [0, 0.05) is 29.0 Å². The third-order valence-corrected chi connectivity index (χ3v) is 2.13. The zero-order valence-corrected chi connectivity index (χ0v) is 10.0. The third kappa shape index (κ3) is 10.2. The standard InChI is InChI=1S/C12H27NO2/c1-4-9-14-11-7-13(6-3)8-12-15-10-5-2/h4-12H2,1-3H3/i1T,2T. The summed E-state index contributed by atoms with van der Waals surface area (Å²) in [6, 6.07) is 0. The monoisotopic (exact) mass is 221 g/mol. The van der Waals surface area contributed by atoms with Gasteiger partial charge in [0.05, 0.1) is 13.2 Å². The Morgan fingerprint density at radius 1 is 0.933 bits per heavy atom. The van der Waals surface area contributed by atoms with Gasteiger partial charge in [0.1, 0.15) is 0 Å². The molecule has 3 nitrogen and oxygen atoms in total. The van der Waals surface area contributed by atoms with Gasteiger partial charge in [-0.15, -0.1) is 0 Å². The van der Waals surface area contributed by atoms with E-state index in [1.807, 2.05) is 0 Å². The van der Waals surface area contributed by atoms with E-state index in [0.717, 1.165) is 45.7 Å². The second kappa shape index (κ2) is 12.0. The number of hydrogen-bond donors (Lipinski definition) is 0. The van der Waals surface area contributed by atoms with Crippen LogP contribution in [0.3, 0.4) is 0 Å². The fourth-order valence-corrected chi connectivity index (χ4v) is 1.22. The summed E-state index contributed by atoms with van der Waals surface area (Å²) in [5.41, 5.74) is 0. The van der Waals surface area contributed by atoms with Gasteiger partial charge >= 0.3 is 0 Å². The van der Waals surface area contributed by atoms with Crippen LogP contribution in [0, 0.1) is 0 Å². The molecular formula is C12H27NO2. The number of rotatable bonds is 11. The minimum absolute atomic E-state index is 0.446. The molecule has 0 spiro atoms. The van der Waals surface area contributed by atoms with Crippen LogP contribution in [0.2, 0.25) is 0 Å². The highest BCUT2D eigenvalue weighted by molar-refractivity contribution is 4.53. The molecule has 0 amide bonds. The van der Waals surface area contributed by atoms with Gasteiger partial charge in [-0.2, -0.15) is 0 Å². The molecule has 0 radical (unpaired) electrons. The normalized spacial score (nSPS) is 12.9. The molecule has 0 saturated carbocycles. The topological polar surface area (TPSA) is 21.7 Å². The van der Waals surface area contributed by atoms with Crippen molar-refractivity contribution < 1.29 is 12.2 Å². The second-order valence-corrected chi connectivity index (χ2v) is 3.37. The average Bonchev–Trinajstić information content (AvgIpc) is 2.36. The molecule has 0 saturated heterocycles. The van der Waals surface area contributed by atoms with Crippen molar-refractivity contribution in [2.75, 3.05) is 46.1 Å². The van der Waals surface area contributed by atoms with Crippen LogP contribution in [-0.4, -0.2) is 51.0 Å². The van der Waals surface area contributed by atoms with Crippen LogP contribution in [0.25, 0.3) is 0 Å². The van der Waals surface area contributed by atoms with Gasteiger partial charge in [0.2, 0.25) is 0 Å². The van der Waals surface area contributed by atoms with Crippen molar-refractivity contribution in [1.29, 1.82) is 0 Å². The zero-order valence-electron chi connectivity index (χ0n) is 12.0. The predicted octanol–water partition coefficient (Wildman–Crippen LogP) is 2.16. The summed E-state index contributed by atoms with van der Waals surface area (Å²) in [7, 11) is 0. The van der Waals surface area contributed by atoms with Crippen molar-refractivity contribution in [2.24, 2.45) is 0 Å². The van der Waals surface area contributed by atoms with Crippen molar-refractivity contribution in [2.45, 2.75) is 33.6 Å². The number of likely N-dealkylation sites (N-methyl/N-ethyl adjacent to an activating group) is 1. The van der Waals surface area contributed by atoms with Crippen LogP contribution in [0.15, 0.2) is 0 Å². The molecule has 0 aromatic carbocycles. The Kier molecular flexibility index (Phi) is 9.06. The summed E-state index contributed by atoms with van der Waals surface area (Å²) in [4.78, 5) is 2.29. The van der Waals surface area contributed by atoms with Gasteiger partial charge in [0.15, 0.2) is 0 Å². The quantitative estimate of drug-likeness (QED) is 0.499. The molecule has 0 aliphatic carbocycles. The lowest BCUT2D eigenvalue weighted by Crippen LogP contribution is -2.31. The van der Waals surface area contributed by atoms with Gasteiger partial charge < -0.3 is 9.47 Å². The molecule has 3 heteroatoms. The van der Waals surface area contributed by atoms with Crippen molar-refractivity contribution in [3.63, 3.8) is 0 Å². The van der Waals surface area contributed by atoms with E-state index in [4.69, 9.17) is 12.2 Å². The lowest BCUT2D eigenvalue weighted by atomic mass is 10.4. The molecule has 0 bridgehead atoms. The first-order chi connectivity index (χ1) is 8.35. The van der Waals surface area contributed by atoms with E-state index in [9.17, 15) is 0 Å². The average molecular weight is 221 g/mol. The van der Waals surface area contributed by atoms with Gasteiger partial charge in [-0.3, -0.25) is 4.90 Å². The minimum Gasteiger partial charge on any atom is -0.380 e. The molecular weight excluding hydrogens is 190 g/mol. The Labute approximate surface area is 97.6 Å². The van der Waals surface area contributed by atoms with E-state index in [-0.39, 0.29) is 0 Å². The highest BCUT2D eigenvalue weighted by atomic mass is 16.5. The van der Waals surface area contributed by atoms with Crippen LogP contribution >= 0.6 is 0 Å². The van der Waals surface area contributed by atoms with E-state index >= 15 is 0 Å². The largest absolute Gasteiger partial charge is 0.380 e. The molecule has 0 unspecified atom stereocenters. The summed E-state index contributed by atoms with van der Waals surface area (Å²) in [5, 5.41) is 0. The Hall–Kier alpha value is -0.120. The first kappa shape index (κ1) is 11.4. The van der Waals surface area contributed by atoms with Crippen molar-refractivity contribution in [3.8, 4) is 0 Å². The predicted molar refractivity (Wildman–Crippen MR) is 64.3 cm³/mol. The molecule has 0 heterocycles. The molecule has 0 atom stereocenters. The van der Waals surface area contributed by atoms with Gasteiger partial charge in [-0.05, 0) is 19.4 Å². The summed E-state index contributed by atoms with van der Waals surface area (Å²) in [6.45, 7) is 8.75. The smallest absolute Gasteiger partial charge is 0.0593 e. The van der Waals surface area contributed by atoms with Crippen LogP contribution in [-0.2, 0) is 9.47 Å². The van der Waals surface area contributed by atoms with Crippen LogP contribution in [0.5, 0.6) is 0 Å². The number of ether oxygens (including phenoxy) is 2. The SMILES string of the molecule is [3H]CCCOCCN(CC)CCOCCC[3H]. The fourth-order valence-electron chi connectivity index (χ4n) is 1.22. The van der Waals surface area contributed by atoms with Crippen LogP contribution in [0.1, 0.15) is 36.3 Å². The maximum atomic E-state index is 6.98. The highest BCUT2D eigenvalue weighted by Gasteiger charge is 2.01. The third-order valence-electron chi connectivity index (χ3n) is 2.13.